The molecule has 0 unspecified atom stereocenters. The number of hydrogen-bond acceptors (Lipinski definition) is 5. The molecule has 0 spiro atoms. The van der Waals surface area contributed by atoms with E-state index in [1.54, 1.807) is 20.8 Å². The lowest BCUT2D eigenvalue weighted by Crippen LogP contribution is -2.54. The molecule has 1 N–H and O–H groups in total. The molecule has 0 heterocycles. The van der Waals surface area contributed by atoms with Crippen LogP contribution in [0.3, 0.4) is 0 Å². The van der Waals surface area contributed by atoms with Gasteiger partial charge in [0.1, 0.15) is 12.2 Å². The topological polar surface area (TPSA) is 73.9 Å². The molecule has 0 aliphatic heterocycles. The summed E-state index contributed by atoms with van der Waals surface area (Å²) < 4.78 is 56.3. The maximum atomic E-state index is 13.9. The van der Waals surface area contributed by atoms with Crippen LogP contribution in [0.2, 0.25) is 0 Å². The molecule has 0 aliphatic carbocycles. The van der Waals surface area contributed by atoms with Gasteiger partial charge in [0.15, 0.2) is 0 Å². The third-order valence-corrected chi connectivity index (χ3v) is 3.91. The van der Waals surface area contributed by atoms with Gasteiger partial charge >= 0.3 is 18.2 Å². The first-order valence-electron chi connectivity index (χ1n) is 8.70. The fraction of sp³-hybridized carbons (Fsp3) is 0.500. The van der Waals surface area contributed by atoms with Crippen LogP contribution >= 0.6 is 0 Å². The zero-order valence-corrected chi connectivity index (χ0v) is 17.1. The number of alkyl carbamates (subject to hydrolysis) is 1. The first kappa shape index (κ1) is 24.5. The second kappa shape index (κ2) is 8.86. The summed E-state index contributed by atoms with van der Waals surface area (Å²) in [7, 11) is 0.771. The number of benzene rings is 1. The number of halogens is 3. The van der Waals surface area contributed by atoms with Gasteiger partial charge < -0.3 is 19.5 Å². The van der Waals surface area contributed by atoms with Crippen LogP contribution in [0.25, 0.3) is 0 Å². The van der Waals surface area contributed by atoms with E-state index in [0.717, 1.165) is 19.2 Å². The average molecular weight is 417 g/mol. The number of methoxy groups -OCH3 is 1. The number of nitrogens with one attached hydrogen (secondary N) is 1. The Morgan fingerprint density at radius 3 is 2.07 bits per heavy atom. The van der Waals surface area contributed by atoms with Gasteiger partial charge in [0, 0.05) is 12.7 Å². The molecule has 0 aliphatic rings. The van der Waals surface area contributed by atoms with Gasteiger partial charge in [-0.3, -0.25) is 0 Å². The number of amides is 1. The van der Waals surface area contributed by atoms with Gasteiger partial charge in [-0.25, -0.2) is 9.59 Å². The van der Waals surface area contributed by atoms with Crippen LogP contribution < -0.4 is 5.32 Å². The summed E-state index contributed by atoms with van der Waals surface area (Å²) in [6.45, 7) is 9.27. The summed E-state index contributed by atoms with van der Waals surface area (Å²) in [5.74, 6) is -1.67. The van der Waals surface area contributed by atoms with E-state index in [9.17, 15) is 22.8 Å². The minimum absolute atomic E-state index is 0.430. The zero-order valence-electron chi connectivity index (χ0n) is 17.1. The predicted octanol–water partition coefficient (Wildman–Crippen LogP) is 4.10. The van der Waals surface area contributed by atoms with Gasteiger partial charge in [0.2, 0.25) is 0 Å². The van der Waals surface area contributed by atoms with E-state index in [4.69, 9.17) is 9.47 Å². The van der Waals surface area contributed by atoms with Crippen molar-refractivity contribution >= 4 is 12.1 Å². The van der Waals surface area contributed by atoms with Gasteiger partial charge in [-0.05, 0) is 27.7 Å². The Kier molecular flexibility index (Phi) is 7.48. The van der Waals surface area contributed by atoms with Crippen molar-refractivity contribution in [1.29, 1.82) is 0 Å². The molecule has 29 heavy (non-hydrogen) atoms. The normalized spacial score (nSPS) is 16.1. The second-order valence-electron chi connectivity index (χ2n) is 7.57. The number of ether oxygens (including phenoxy) is 3. The summed E-state index contributed by atoms with van der Waals surface area (Å²) in [6, 6.07) is 6.43. The summed E-state index contributed by atoms with van der Waals surface area (Å²) >= 11 is 0. The maximum Gasteiger partial charge on any atom is 0.432 e. The molecular weight excluding hydrogens is 391 g/mol. The molecule has 1 rings (SSSR count). The number of rotatable bonds is 7. The lowest BCUT2D eigenvalue weighted by molar-refractivity contribution is -0.276. The number of alkyl halides is 3. The quantitative estimate of drug-likeness (QED) is 0.534. The van der Waals surface area contributed by atoms with Crippen molar-refractivity contribution in [2.24, 2.45) is 0 Å². The summed E-state index contributed by atoms with van der Waals surface area (Å²) in [4.78, 5) is 24.6. The third-order valence-electron chi connectivity index (χ3n) is 3.91. The summed E-state index contributed by atoms with van der Waals surface area (Å²) in [5.41, 5.74) is -5.92. The highest BCUT2D eigenvalue weighted by Gasteiger charge is 2.64. The van der Waals surface area contributed by atoms with E-state index in [1.807, 2.05) is 0 Å². The number of carbonyl (C=O) groups is 2. The van der Waals surface area contributed by atoms with E-state index >= 15 is 0 Å². The van der Waals surface area contributed by atoms with Crippen LogP contribution in [0.5, 0.6) is 0 Å². The first-order chi connectivity index (χ1) is 13.2. The number of esters is 1. The fourth-order valence-electron chi connectivity index (χ4n) is 2.39. The zero-order chi connectivity index (χ0) is 22.5. The van der Waals surface area contributed by atoms with Crippen LogP contribution in [0.15, 0.2) is 43.0 Å². The van der Waals surface area contributed by atoms with Crippen molar-refractivity contribution in [2.75, 3.05) is 13.7 Å². The molecule has 6 nitrogen and oxygen atoms in total. The lowest BCUT2D eigenvalue weighted by Gasteiger charge is -2.34. The molecule has 162 valence electrons. The highest BCUT2D eigenvalue weighted by Crippen LogP contribution is 2.43. The van der Waals surface area contributed by atoms with Crippen molar-refractivity contribution in [3.63, 3.8) is 0 Å². The Labute approximate surface area is 168 Å². The van der Waals surface area contributed by atoms with Crippen molar-refractivity contribution in [1.82, 2.24) is 5.32 Å². The fourth-order valence-corrected chi connectivity index (χ4v) is 2.39. The van der Waals surface area contributed by atoms with Gasteiger partial charge in [0.05, 0.1) is 5.54 Å². The monoisotopic (exact) mass is 417 g/mol. The van der Waals surface area contributed by atoms with Crippen LogP contribution in [0.1, 0.15) is 33.3 Å². The Balaban J connectivity index is 3.08. The molecule has 0 saturated carbocycles. The van der Waals surface area contributed by atoms with Gasteiger partial charge in [0.25, 0.3) is 5.60 Å². The highest BCUT2D eigenvalue weighted by molar-refractivity contribution is 5.82. The van der Waals surface area contributed by atoms with Crippen LogP contribution in [-0.4, -0.2) is 43.1 Å². The summed E-state index contributed by atoms with van der Waals surface area (Å²) in [6.07, 6.45) is -4.70. The molecule has 1 aromatic carbocycles. The van der Waals surface area contributed by atoms with E-state index in [2.05, 4.69) is 16.6 Å². The molecule has 9 heteroatoms. The molecule has 2 atom stereocenters. The van der Waals surface area contributed by atoms with Crippen LogP contribution in [-0.2, 0) is 24.6 Å². The largest absolute Gasteiger partial charge is 0.460 e. The van der Waals surface area contributed by atoms with Crippen LogP contribution in [0, 0.1) is 0 Å². The first-order valence-corrected chi connectivity index (χ1v) is 8.70. The minimum Gasteiger partial charge on any atom is -0.460 e. The molecule has 0 aromatic heterocycles. The van der Waals surface area contributed by atoms with Crippen molar-refractivity contribution < 1.29 is 37.0 Å². The molecule has 0 bridgehead atoms. The number of carbonyl (C=O) groups excluding carboxylic acids is 2. The smallest absolute Gasteiger partial charge is 0.432 e. The third kappa shape index (κ3) is 5.96. The summed E-state index contributed by atoms with van der Waals surface area (Å²) in [5, 5.41) is 2.42. The SMILES string of the molecule is C=C[C@](C)(COC(=O)[C@@](OC)(c1ccccc1)C(F)(F)F)NC(=O)OC(C)(C)C. The lowest BCUT2D eigenvalue weighted by atomic mass is 9.92. The molecule has 0 radical (unpaired) electrons. The Bertz CT molecular complexity index is 730. The Morgan fingerprint density at radius 2 is 1.66 bits per heavy atom. The van der Waals surface area contributed by atoms with Gasteiger partial charge in [-0.1, -0.05) is 36.4 Å². The maximum absolute atomic E-state index is 13.9. The van der Waals surface area contributed by atoms with Crippen molar-refractivity contribution in [3.05, 3.63) is 48.6 Å². The Hall–Kier alpha value is -2.55. The Morgan fingerprint density at radius 1 is 1.10 bits per heavy atom. The van der Waals surface area contributed by atoms with Crippen LogP contribution in [0.4, 0.5) is 18.0 Å². The second-order valence-corrected chi connectivity index (χ2v) is 7.57. The molecular formula is C20H26F3NO5. The van der Waals surface area contributed by atoms with Crippen molar-refractivity contribution in [3.8, 4) is 0 Å². The van der Waals surface area contributed by atoms with Gasteiger partial charge in [-0.2, -0.15) is 13.2 Å². The van der Waals surface area contributed by atoms with Crippen molar-refractivity contribution in [2.45, 2.75) is 50.6 Å². The average Bonchev–Trinajstić information content (AvgIpc) is 2.59. The minimum atomic E-state index is -5.09. The molecule has 0 fully saturated rings. The molecule has 0 saturated heterocycles. The molecule has 1 amide bonds. The predicted molar refractivity (Wildman–Crippen MR) is 100 cm³/mol. The highest BCUT2D eigenvalue weighted by atomic mass is 19.4. The van der Waals surface area contributed by atoms with E-state index in [0.29, 0.717) is 0 Å². The van der Waals surface area contributed by atoms with Gasteiger partial charge in [-0.15, -0.1) is 6.58 Å². The van der Waals surface area contributed by atoms with E-state index in [1.165, 1.54) is 31.2 Å². The molecule has 1 aromatic rings. The standard InChI is InChI=1S/C20H26F3NO5/c1-7-18(5,24-16(26)29-17(2,3)4)13-28-15(25)19(27-6,20(21,22)23)14-11-9-8-10-12-14/h7-12H,1,13H2,2-6H3,(H,24,26)/t18-,19+/m1/s1. The van der Waals surface area contributed by atoms with E-state index < -0.39 is 47.2 Å². The van der Waals surface area contributed by atoms with E-state index in [-0.39, 0.29) is 0 Å². The number of hydrogen-bond donors (Lipinski definition) is 1.